The first-order valence-electron chi connectivity index (χ1n) is 6.06. The van der Waals surface area contributed by atoms with E-state index in [-0.39, 0.29) is 0 Å². The molecule has 0 bridgehead atoms. The topological polar surface area (TPSA) is 56.5 Å². The average molecular weight is 240 g/mol. The molecule has 2 heterocycles. The van der Waals surface area contributed by atoms with Gasteiger partial charge in [-0.1, -0.05) is 18.2 Å². The van der Waals surface area contributed by atoms with E-state index >= 15 is 0 Å². The van der Waals surface area contributed by atoms with E-state index in [1.165, 1.54) is 5.39 Å². The second-order valence-electron chi connectivity index (χ2n) is 4.44. The highest BCUT2D eigenvalue weighted by Gasteiger charge is 2.11. The minimum Gasteiger partial charge on any atom is -0.360 e. The van der Waals surface area contributed by atoms with Gasteiger partial charge in [-0.15, -0.1) is 0 Å². The number of rotatable bonds is 3. The van der Waals surface area contributed by atoms with Gasteiger partial charge in [-0.05, 0) is 20.0 Å². The molecule has 2 aromatic heterocycles. The molecule has 0 atom stereocenters. The highest BCUT2D eigenvalue weighted by atomic mass is 15.0. The first-order valence-corrected chi connectivity index (χ1v) is 6.06. The van der Waals surface area contributed by atoms with Crippen LogP contribution in [0.25, 0.3) is 22.3 Å². The second-order valence-corrected chi connectivity index (χ2v) is 4.44. The molecule has 0 fully saturated rings. The van der Waals surface area contributed by atoms with E-state index in [0.29, 0.717) is 0 Å². The SMILES string of the molecule is CNCc1nc(-c2c[nH]c3ccccc23)[nH]c1C. The fourth-order valence-corrected chi connectivity index (χ4v) is 2.23. The number of hydrogen-bond acceptors (Lipinski definition) is 2. The molecule has 0 unspecified atom stereocenters. The van der Waals surface area contributed by atoms with Crippen molar-refractivity contribution in [2.45, 2.75) is 13.5 Å². The van der Waals surface area contributed by atoms with Crippen molar-refractivity contribution >= 4 is 10.9 Å². The van der Waals surface area contributed by atoms with Crippen LogP contribution in [0.15, 0.2) is 30.5 Å². The van der Waals surface area contributed by atoms with Crippen LogP contribution in [0.3, 0.4) is 0 Å². The first kappa shape index (κ1) is 11.0. The number of benzene rings is 1. The van der Waals surface area contributed by atoms with Crippen LogP contribution in [0.4, 0.5) is 0 Å². The predicted octanol–water partition coefficient (Wildman–Crippen LogP) is 2.59. The van der Waals surface area contributed by atoms with Crippen LogP contribution < -0.4 is 5.32 Å². The van der Waals surface area contributed by atoms with Crippen LogP contribution in [-0.2, 0) is 6.54 Å². The van der Waals surface area contributed by atoms with Crippen molar-refractivity contribution in [1.82, 2.24) is 20.3 Å². The number of aryl methyl sites for hydroxylation is 1. The third-order valence-electron chi connectivity index (χ3n) is 3.17. The number of para-hydroxylation sites is 1. The maximum absolute atomic E-state index is 4.65. The molecule has 3 N–H and O–H groups in total. The number of nitrogens with one attached hydrogen (secondary N) is 3. The normalized spacial score (nSPS) is 11.2. The number of aromatic nitrogens is 3. The monoisotopic (exact) mass is 240 g/mol. The Morgan fingerprint density at radius 1 is 1.28 bits per heavy atom. The molecule has 0 aliphatic rings. The molecular formula is C14H16N4. The number of imidazole rings is 1. The molecule has 0 amide bonds. The van der Waals surface area contributed by atoms with Gasteiger partial charge in [0.05, 0.1) is 5.69 Å². The van der Waals surface area contributed by atoms with Gasteiger partial charge in [0, 0.05) is 34.9 Å². The Kier molecular flexibility index (Phi) is 2.64. The molecule has 3 rings (SSSR count). The van der Waals surface area contributed by atoms with E-state index in [1.807, 2.05) is 25.4 Å². The fraction of sp³-hybridized carbons (Fsp3) is 0.214. The summed E-state index contributed by atoms with van der Waals surface area (Å²) in [6, 6.07) is 8.26. The molecule has 0 radical (unpaired) electrons. The smallest absolute Gasteiger partial charge is 0.140 e. The average Bonchev–Trinajstić information content (AvgIpc) is 2.94. The van der Waals surface area contributed by atoms with Gasteiger partial charge in [0.25, 0.3) is 0 Å². The lowest BCUT2D eigenvalue weighted by molar-refractivity contribution is 0.791. The number of fused-ring (bicyclic) bond motifs is 1. The van der Waals surface area contributed by atoms with E-state index in [0.717, 1.165) is 34.8 Å². The largest absolute Gasteiger partial charge is 0.360 e. The van der Waals surface area contributed by atoms with E-state index in [4.69, 9.17) is 0 Å². The molecule has 1 aromatic carbocycles. The standard InChI is InChI=1S/C14H16N4/c1-9-13(8-15-2)18-14(17-9)11-7-16-12-6-4-3-5-10(11)12/h3-7,15-16H,8H2,1-2H3,(H,17,18). The van der Waals surface area contributed by atoms with Gasteiger partial charge in [-0.2, -0.15) is 0 Å². The van der Waals surface area contributed by atoms with Crippen LogP contribution in [0.1, 0.15) is 11.4 Å². The Bertz CT molecular complexity index is 678. The van der Waals surface area contributed by atoms with Crippen molar-refractivity contribution in [3.8, 4) is 11.4 Å². The quantitative estimate of drug-likeness (QED) is 0.659. The van der Waals surface area contributed by atoms with Gasteiger partial charge in [0.2, 0.25) is 0 Å². The van der Waals surface area contributed by atoms with Gasteiger partial charge >= 0.3 is 0 Å². The molecule has 0 aliphatic carbocycles. The molecule has 92 valence electrons. The molecule has 0 saturated carbocycles. The zero-order valence-electron chi connectivity index (χ0n) is 10.5. The van der Waals surface area contributed by atoms with Crippen LogP contribution >= 0.6 is 0 Å². The van der Waals surface area contributed by atoms with Crippen LogP contribution in [0, 0.1) is 6.92 Å². The second kappa shape index (κ2) is 4.31. The molecule has 3 aromatic rings. The molecule has 0 saturated heterocycles. The van der Waals surface area contributed by atoms with E-state index in [9.17, 15) is 0 Å². The molecule has 4 heteroatoms. The number of aromatic amines is 2. The summed E-state index contributed by atoms with van der Waals surface area (Å²) >= 11 is 0. The van der Waals surface area contributed by atoms with Gasteiger partial charge in [-0.25, -0.2) is 4.98 Å². The van der Waals surface area contributed by atoms with E-state index in [2.05, 4.69) is 39.3 Å². The fourth-order valence-electron chi connectivity index (χ4n) is 2.23. The van der Waals surface area contributed by atoms with Gasteiger partial charge in [0.1, 0.15) is 5.82 Å². The van der Waals surface area contributed by atoms with Crippen LogP contribution in [0.5, 0.6) is 0 Å². The first-order chi connectivity index (χ1) is 8.79. The van der Waals surface area contributed by atoms with Crippen molar-refractivity contribution < 1.29 is 0 Å². The predicted molar refractivity (Wildman–Crippen MR) is 73.4 cm³/mol. The Labute approximate surface area is 105 Å². The number of nitrogens with zero attached hydrogens (tertiary/aromatic N) is 1. The maximum Gasteiger partial charge on any atom is 0.140 e. The van der Waals surface area contributed by atoms with Crippen molar-refractivity contribution in [2.75, 3.05) is 7.05 Å². The minimum absolute atomic E-state index is 0.782. The summed E-state index contributed by atoms with van der Waals surface area (Å²) in [5.41, 5.74) is 4.44. The summed E-state index contributed by atoms with van der Waals surface area (Å²) in [7, 11) is 1.93. The molecule has 18 heavy (non-hydrogen) atoms. The highest BCUT2D eigenvalue weighted by Crippen LogP contribution is 2.26. The Morgan fingerprint density at radius 2 is 2.11 bits per heavy atom. The van der Waals surface area contributed by atoms with Gasteiger partial charge < -0.3 is 15.3 Å². The van der Waals surface area contributed by atoms with Crippen molar-refractivity contribution in [1.29, 1.82) is 0 Å². The van der Waals surface area contributed by atoms with E-state index < -0.39 is 0 Å². The lowest BCUT2D eigenvalue weighted by Crippen LogP contribution is -2.06. The maximum atomic E-state index is 4.65. The molecule has 4 nitrogen and oxygen atoms in total. The van der Waals surface area contributed by atoms with E-state index in [1.54, 1.807) is 0 Å². The Hall–Kier alpha value is -2.07. The van der Waals surface area contributed by atoms with Crippen molar-refractivity contribution in [3.63, 3.8) is 0 Å². The summed E-state index contributed by atoms with van der Waals surface area (Å²) in [4.78, 5) is 11.3. The van der Waals surface area contributed by atoms with Crippen LogP contribution in [0.2, 0.25) is 0 Å². The van der Waals surface area contributed by atoms with Crippen LogP contribution in [-0.4, -0.2) is 22.0 Å². The van der Waals surface area contributed by atoms with Crippen molar-refractivity contribution in [3.05, 3.63) is 41.9 Å². The third-order valence-corrected chi connectivity index (χ3v) is 3.17. The summed E-state index contributed by atoms with van der Waals surface area (Å²) in [5, 5.41) is 4.33. The molecular weight excluding hydrogens is 224 g/mol. The molecule has 0 spiro atoms. The molecule has 0 aliphatic heterocycles. The number of H-pyrrole nitrogens is 2. The summed E-state index contributed by atoms with van der Waals surface area (Å²) in [6.07, 6.45) is 2.01. The minimum atomic E-state index is 0.782. The zero-order valence-corrected chi connectivity index (χ0v) is 10.5. The lowest BCUT2D eigenvalue weighted by atomic mass is 10.2. The van der Waals surface area contributed by atoms with Gasteiger partial charge in [0.15, 0.2) is 0 Å². The Morgan fingerprint density at radius 3 is 2.94 bits per heavy atom. The number of hydrogen-bond donors (Lipinski definition) is 3. The van der Waals surface area contributed by atoms with Gasteiger partial charge in [-0.3, -0.25) is 0 Å². The Balaban J connectivity index is 2.11. The summed E-state index contributed by atoms with van der Waals surface area (Å²) in [6.45, 7) is 2.84. The summed E-state index contributed by atoms with van der Waals surface area (Å²) < 4.78 is 0. The highest BCUT2D eigenvalue weighted by molar-refractivity contribution is 5.93. The zero-order chi connectivity index (χ0) is 12.5. The lowest BCUT2D eigenvalue weighted by Gasteiger charge is -1.94. The van der Waals surface area contributed by atoms with Crippen molar-refractivity contribution in [2.24, 2.45) is 0 Å². The summed E-state index contributed by atoms with van der Waals surface area (Å²) in [5.74, 6) is 0.926. The third kappa shape index (κ3) is 1.71.